The molecule has 98 valence electrons. The molecule has 0 saturated heterocycles. The third-order valence-corrected chi connectivity index (χ3v) is 4.72. The molecule has 1 aromatic rings. The first-order valence-corrected chi connectivity index (χ1v) is 7.05. The summed E-state index contributed by atoms with van der Waals surface area (Å²) in [5, 5.41) is 0. The monoisotopic (exact) mass is 265 g/mol. The second-order valence-electron chi connectivity index (χ2n) is 5.10. The normalized spacial score (nSPS) is 14.6. The Bertz CT molecular complexity index is 508. The quantitative estimate of drug-likeness (QED) is 0.750. The fourth-order valence-electron chi connectivity index (χ4n) is 2.86. The van der Waals surface area contributed by atoms with Crippen molar-refractivity contribution >= 4 is 17.8 Å². The average molecular weight is 265 g/mol. The van der Waals surface area contributed by atoms with Crippen LogP contribution >= 0.6 is 12.1 Å². The summed E-state index contributed by atoms with van der Waals surface area (Å²) >= 11 is 0.378. The molecule has 1 heterocycles. The molecule has 1 nitrogen and oxygen atoms in total. The van der Waals surface area contributed by atoms with E-state index < -0.39 is 0 Å². The van der Waals surface area contributed by atoms with E-state index in [9.17, 15) is 3.89 Å². The number of halogens is 1. The van der Waals surface area contributed by atoms with Crippen LogP contribution in [-0.2, 0) is 6.42 Å². The van der Waals surface area contributed by atoms with Crippen LogP contribution in [0.4, 0.5) is 9.57 Å². The van der Waals surface area contributed by atoms with Crippen LogP contribution in [0.1, 0.15) is 35.6 Å². The van der Waals surface area contributed by atoms with E-state index in [2.05, 4.69) is 18.4 Å². The van der Waals surface area contributed by atoms with Gasteiger partial charge in [0.2, 0.25) is 0 Å². The van der Waals surface area contributed by atoms with E-state index in [1.165, 1.54) is 16.8 Å². The van der Waals surface area contributed by atoms with Gasteiger partial charge in [-0.2, -0.15) is 3.89 Å². The fraction of sp³-hybridized carbons (Fsp3) is 0.467. The lowest BCUT2D eigenvalue weighted by Gasteiger charge is -2.35. The molecule has 0 saturated carbocycles. The highest BCUT2D eigenvalue weighted by Crippen LogP contribution is 2.42. The standard InChI is InChI=1S/C15H20FNS/c1-9(2)17-8-6-7-13-12(5)15(18-16)11(4)10(3)14(13)17/h1,6-8H2,2-5H3. The second kappa shape index (κ2) is 4.96. The molecular formula is C15H20FNS. The van der Waals surface area contributed by atoms with E-state index >= 15 is 0 Å². The molecule has 18 heavy (non-hydrogen) atoms. The molecule has 0 atom stereocenters. The van der Waals surface area contributed by atoms with Crippen molar-refractivity contribution in [2.45, 2.75) is 45.4 Å². The van der Waals surface area contributed by atoms with E-state index in [0.29, 0.717) is 12.1 Å². The zero-order chi connectivity index (χ0) is 13.4. The maximum atomic E-state index is 13.1. The number of hydrogen-bond donors (Lipinski definition) is 0. The van der Waals surface area contributed by atoms with Crippen LogP contribution in [0.5, 0.6) is 0 Å². The Morgan fingerprint density at radius 2 is 1.89 bits per heavy atom. The van der Waals surface area contributed by atoms with Crippen molar-refractivity contribution in [3.05, 3.63) is 34.5 Å². The van der Waals surface area contributed by atoms with Crippen LogP contribution in [-0.4, -0.2) is 6.54 Å². The third kappa shape index (κ3) is 1.95. The van der Waals surface area contributed by atoms with Crippen LogP contribution < -0.4 is 4.90 Å². The molecule has 3 heteroatoms. The van der Waals surface area contributed by atoms with E-state index in [4.69, 9.17) is 0 Å². The fourth-order valence-corrected chi connectivity index (χ4v) is 3.37. The number of allylic oxidation sites excluding steroid dienone is 1. The number of anilines is 1. The summed E-state index contributed by atoms with van der Waals surface area (Å²) in [6, 6.07) is 0. The molecule has 2 rings (SSSR count). The smallest absolute Gasteiger partial charge is 0.0818 e. The highest BCUT2D eigenvalue weighted by Gasteiger charge is 2.25. The molecule has 1 aliphatic heterocycles. The van der Waals surface area contributed by atoms with Gasteiger partial charge in [-0.3, -0.25) is 0 Å². The van der Waals surface area contributed by atoms with Gasteiger partial charge >= 0.3 is 0 Å². The van der Waals surface area contributed by atoms with E-state index in [0.717, 1.165) is 41.1 Å². The van der Waals surface area contributed by atoms with Crippen molar-refractivity contribution in [1.82, 2.24) is 0 Å². The Labute approximate surface area is 113 Å². The number of rotatable bonds is 2. The zero-order valence-electron chi connectivity index (χ0n) is 11.6. The Morgan fingerprint density at radius 3 is 2.44 bits per heavy atom. The van der Waals surface area contributed by atoms with E-state index in [-0.39, 0.29) is 0 Å². The van der Waals surface area contributed by atoms with Crippen molar-refractivity contribution in [2.75, 3.05) is 11.4 Å². The summed E-state index contributed by atoms with van der Waals surface area (Å²) in [5.41, 5.74) is 6.99. The van der Waals surface area contributed by atoms with Crippen molar-refractivity contribution in [3.8, 4) is 0 Å². The zero-order valence-corrected chi connectivity index (χ0v) is 12.4. The lowest BCUT2D eigenvalue weighted by Crippen LogP contribution is -2.29. The summed E-state index contributed by atoms with van der Waals surface area (Å²) < 4.78 is 13.1. The Kier molecular flexibility index (Phi) is 3.71. The molecule has 1 aliphatic rings. The van der Waals surface area contributed by atoms with Gasteiger partial charge in [0.05, 0.1) is 12.1 Å². The van der Waals surface area contributed by atoms with Gasteiger partial charge in [0.1, 0.15) is 0 Å². The third-order valence-electron chi connectivity index (χ3n) is 3.95. The minimum Gasteiger partial charge on any atom is -0.346 e. The molecule has 1 aromatic carbocycles. The predicted molar refractivity (Wildman–Crippen MR) is 78.1 cm³/mol. The van der Waals surface area contributed by atoms with Crippen LogP contribution in [0.25, 0.3) is 0 Å². The van der Waals surface area contributed by atoms with Crippen LogP contribution in [0.3, 0.4) is 0 Å². The number of hydrogen-bond acceptors (Lipinski definition) is 2. The summed E-state index contributed by atoms with van der Waals surface area (Å²) in [4.78, 5) is 3.08. The highest BCUT2D eigenvalue weighted by atomic mass is 32.2. The Hall–Kier alpha value is -0.960. The number of benzene rings is 1. The molecular weight excluding hydrogens is 245 g/mol. The maximum Gasteiger partial charge on any atom is 0.0818 e. The molecule has 0 bridgehead atoms. The lowest BCUT2D eigenvalue weighted by atomic mass is 9.91. The predicted octanol–water partition coefficient (Wildman–Crippen LogP) is 4.87. The van der Waals surface area contributed by atoms with Gasteiger partial charge in [0, 0.05) is 22.8 Å². The Balaban J connectivity index is 2.73. The van der Waals surface area contributed by atoms with Crippen molar-refractivity contribution in [2.24, 2.45) is 0 Å². The van der Waals surface area contributed by atoms with Gasteiger partial charge in [-0.05, 0) is 62.8 Å². The first-order valence-electron chi connectivity index (χ1n) is 6.33. The topological polar surface area (TPSA) is 3.24 Å². The molecule has 0 amide bonds. The summed E-state index contributed by atoms with van der Waals surface area (Å²) in [6.45, 7) is 13.3. The molecule has 0 fully saturated rings. The van der Waals surface area contributed by atoms with E-state index in [1.807, 2.05) is 20.8 Å². The van der Waals surface area contributed by atoms with Gasteiger partial charge in [0.25, 0.3) is 0 Å². The van der Waals surface area contributed by atoms with Gasteiger partial charge in [0.15, 0.2) is 0 Å². The number of fused-ring (bicyclic) bond motifs is 1. The minimum absolute atomic E-state index is 0.378. The highest BCUT2D eigenvalue weighted by molar-refractivity contribution is 7.94. The van der Waals surface area contributed by atoms with Crippen molar-refractivity contribution < 1.29 is 3.89 Å². The van der Waals surface area contributed by atoms with Gasteiger partial charge in [-0.25, -0.2) is 0 Å². The van der Waals surface area contributed by atoms with Gasteiger partial charge in [-0.15, -0.1) is 0 Å². The molecule has 0 radical (unpaired) electrons. The molecule has 0 unspecified atom stereocenters. The van der Waals surface area contributed by atoms with Crippen LogP contribution in [0.15, 0.2) is 17.2 Å². The van der Waals surface area contributed by atoms with Crippen molar-refractivity contribution in [1.29, 1.82) is 0 Å². The minimum atomic E-state index is 0.378. The first kappa shape index (κ1) is 13.5. The average Bonchev–Trinajstić information content (AvgIpc) is 2.36. The summed E-state index contributed by atoms with van der Waals surface area (Å²) in [5.74, 6) is 0. The Morgan fingerprint density at radius 1 is 1.22 bits per heavy atom. The summed E-state index contributed by atoms with van der Waals surface area (Å²) in [7, 11) is 0. The maximum absolute atomic E-state index is 13.1. The molecule has 0 spiro atoms. The lowest BCUT2D eigenvalue weighted by molar-refractivity contribution is 0.732. The van der Waals surface area contributed by atoms with Gasteiger partial charge < -0.3 is 4.90 Å². The largest absolute Gasteiger partial charge is 0.346 e. The van der Waals surface area contributed by atoms with Crippen LogP contribution in [0.2, 0.25) is 0 Å². The molecule has 0 aromatic heterocycles. The molecule has 0 aliphatic carbocycles. The van der Waals surface area contributed by atoms with Crippen LogP contribution in [0, 0.1) is 20.8 Å². The first-order chi connectivity index (χ1) is 8.49. The van der Waals surface area contributed by atoms with Gasteiger partial charge in [-0.1, -0.05) is 6.58 Å². The van der Waals surface area contributed by atoms with Crippen molar-refractivity contribution in [3.63, 3.8) is 0 Å². The van der Waals surface area contributed by atoms with E-state index in [1.54, 1.807) is 0 Å². The second-order valence-corrected chi connectivity index (χ2v) is 5.66. The number of nitrogens with zero attached hydrogens (tertiary/aromatic N) is 1. The molecule has 0 N–H and O–H groups in total. The SMILES string of the molecule is C=C(C)N1CCCc2c(C)c(SF)c(C)c(C)c21. The summed E-state index contributed by atoms with van der Waals surface area (Å²) in [6.07, 6.45) is 2.15.